The second kappa shape index (κ2) is 7.74. The highest BCUT2D eigenvalue weighted by Crippen LogP contribution is 2.37. The number of hydrogen-bond acceptors (Lipinski definition) is 3. The molecule has 0 aromatic carbocycles. The Bertz CT molecular complexity index is 739. The van der Waals surface area contributed by atoms with Crippen LogP contribution in [0.15, 0.2) is 36.1 Å². The summed E-state index contributed by atoms with van der Waals surface area (Å²) in [6, 6.07) is 0. The Kier molecular flexibility index (Phi) is 5.89. The molecule has 1 aromatic heterocycles. The Hall–Kier alpha value is -2.28. The Balaban J connectivity index is 2.72. The normalized spacial score (nSPS) is 14.8. The van der Waals surface area contributed by atoms with Crippen LogP contribution in [0.4, 0.5) is 13.2 Å². The maximum absolute atomic E-state index is 13.5. The maximum atomic E-state index is 13.5. The fraction of sp³-hybridized carbons (Fsp3) is 0.389. The van der Waals surface area contributed by atoms with Gasteiger partial charge in [-0.2, -0.15) is 13.2 Å². The minimum absolute atomic E-state index is 0.0252. The molecule has 0 spiro atoms. The van der Waals surface area contributed by atoms with Crippen molar-refractivity contribution < 1.29 is 27.8 Å². The lowest BCUT2D eigenvalue weighted by Gasteiger charge is -2.16. The summed E-state index contributed by atoms with van der Waals surface area (Å²) in [5.74, 6) is -0.597. The summed E-state index contributed by atoms with van der Waals surface area (Å²) >= 11 is 0. The molecule has 0 aliphatic heterocycles. The number of aliphatic hydroxyl groups excluding tert-OH is 1. The second-order valence-corrected chi connectivity index (χ2v) is 5.52. The van der Waals surface area contributed by atoms with Crippen LogP contribution in [0, 0.1) is 6.92 Å². The third kappa shape index (κ3) is 4.04. The average molecular weight is 355 g/mol. The molecule has 4 nitrogen and oxygen atoms in total. The summed E-state index contributed by atoms with van der Waals surface area (Å²) in [6.45, 7) is 3.21. The zero-order chi connectivity index (χ0) is 18.6. The molecule has 1 N–H and O–H groups in total. The Morgan fingerprint density at radius 3 is 2.60 bits per heavy atom. The number of rotatable bonds is 5. The molecule has 0 amide bonds. The van der Waals surface area contributed by atoms with Crippen molar-refractivity contribution in [2.45, 2.75) is 33.0 Å². The molecule has 1 aromatic rings. The van der Waals surface area contributed by atoms with Crippen LogP contribution in [0.3, 0.4) is 0 Å². The lowest BCUT2D eigenvalue weighted by molar-refractivity contribution is -0.0875. The first-order chi connectivity index (χ1) is 11.8. The smallest absolute Gasteiger partial charge is 0.417 e. The number of allylic oxidation sites excluding steroid dienone is 6. The van der Waals surface area contributed by atoms with Crippen molar-refractivity contribution >= 4 is 11.5 Å². The number of hydrogen-bond donors (Lipinski definition) is 1. The van der Waals surface area contributed by atoms with Crippen LogP contribution in [0.5, 0.6) is 0 Å². The predicted molar refractivity (Wildman–Crippen MR) is 88.1 cm³/mol. The highest BCUT2D eigenvalue weighted by atomic mass is 19.4. The predicted octanol–water partition coefficient (Wildman–Crippen LogP) is 3.80. The highest BCUT2D eigenvalue weighted by Gasteiger charge is 2.36. The number of carbonyl (C=O) groups excluding carboxylic acids is 1. The fourth-order valence-electron chi connectivity index (χ4n) is 2.80. The van der Waals surface area contributed by atoms with Crippen LogP contribution in [0.1, 0.15) is 35.0 Å². The molecule has 0 bridgehead atoms. The topological polar surface area (TPSA) is 51.5 Å². The van der Waals surface area contributed by atoms with Gasteiger partial charge in [0.1, 0.15) is 0 Å². The molecule has 0 atom stereocenters. The van der Waals surface area contributed by atoms with Crippen LogP contribution in [0.2, 0.25) is 0 Å². The average Bonchev–Trinajstić information content (AvgIpc) is 2.72. The standard InChI is InChI=1S/C18H20F3NO3/c1-3-25-17(24)14-11-22(9-10-23)16(12(14)2)13-7-5-4-6-8-15(13)18(19,20)21/h5-8,11,23H,3-4,9-10H2,1-2H3. The molecular weight excluding hydrogens is 335 g/mol. The molecule has 1 aliphatic rings. The van der Waals surface area contributed by atoms with Gasteiger partial charge in [-0.1, -0.05) is 24.3 Å². The molecule has 136 valence electrons. The largest absolute Gasteiger partial charge is 0.462 e. The minimum Gasteiger partial charge on any atom is -0.462 e. The molecule has 7 heteroatoms. The fourth-order valence-corrected chi connectivity index (χ4v) is 2.80. The van der Waals surface area contributed by atoms with Gasteiger partial charge in [-0.3, -0.25) is 0 Å². The number of nitrogens with zero attached hydrogens (tertiary/aromatic N) is 1. The van der Waals surface area contributed by atoms with E-state index in [1.54, 1.807) is 19.9 Å². The zero-order valence-electron chi connectivity index (χ0n) is 14.1. The first kappa shape index (κ1) is 19.1. The van der Waals surface area contributed by atoms with E-state index < -0.39 is 17.7 Å². The SMILES string of the molecule is CCOC(=O)c1cn(CCO)c(C2=C(C(F)(F)F)C=CCC=C2)c1C. The lowest BCUT2D eigenvalue weighted by atomic mass is 10.00. The zero-order valence-corrected chi connectivity index (χ0v) is 14.1. The van der Waals surface area contributed by atoms with Crippen molar-refractivity contribution in [3.63, 3.8) is 0 Å². The van der Waals surface area contributed by atoms with Gasteiger partial charge in [-0.15, -0.1) is 0 Å². The van der Waals surface area contributed by atoms with E-state index in [0.717, 1.165) is 6.08 Å². The third-order valence-electron chi connectivity index (χ3n) is 3.86. The first-order valence-electron chi connectivity index (χ1n) is 7.93. The molecule has 0 saturated carbocycles. The summed E-state index contributed by atoms with van der Waals surface area (Å²) in [5, 5.41) is 9.26. The van der Waals surface area contributed by atoms with E-state index in [2.05, 4.69) is 0 Å². The summed E-state index contributed by atoms with van der Waals surface area (Å²) < 4.78 is 46.9. The number of carbonyl (C=O) groups is 1. The second-order valence-electron chi connectivity index (χ2n) is 5.52. The lowest BCUT2D eigenvalue weighted by Crippen LogP contribution is -2.14. The quantitative estimate of drug-likeness (QED) is 0.818. The van der Waals surface area contributed by atoms with E-state index in [0.29, 0.717) is 12.0 Å². The van der Waals surface area contributed by atoms with Gasteiger partial charge in [0.05, 0.1) is 30.0 Å². The summed E-state index contributed by atoms with van der Waals surface area (Å²) in [7, 11) is 0. The van der Waals surface area contributed by atoms with Crippen molar-refractivity contribution in [2.75, 3.05) is 13.2 Å². The van der Waals surface area contributed by atoms with Crippen LogP contribution >= 0.6 is 0 Å². The first-order valence-corrected chi connectivity index (χ1v) is 7.93. The van der Waals surface area contributed by atoms with E-state index >= 15 is 0 Å². The van der Waals surface area contributed by atoms with Gasteiger partial charge in [-0.25, -0.2) is 4.79 Å². The van der Waals surface area contributed by atoms with Crippen molar-refractivity contribution in [2.24, 2.45) is 0 Å². The molecule has 1 aliphatic carbocycles. The molecule has 0 radical (unpaired) electrons. The van der Waals surface area contributed by atoms with Gasteiger partial charge in [0, 0.05) is 18.3 Å². The van der Waals surface area contributed by atoms with Crippen molar-refractivity contribution in [3.05, 3.63) is 52.9 Å². The van der Waals surface area contributed by atoms with Crippen LogP contribution in [-0.2, 0) is 11.3 Å². The molecule has 25 heavy (non-hydrogen) atoms. The van der Waals surface area contributed by atoms with E-state index in [1.165, 1.54) is 22.9 Å². The third-order valence-corrected chi connectivity index (χ3v) is 3.86. The number of aliphatic hydroxyl groups is 1. The van der Waals surface area contributed by atoms with Gasteiger partial charge in [0.25, 0.3) is 0 Å². The number of halogens is 3. The maximum Gasteiger partial charge on any atom is 0.417 e. The van der Waals surface area contributed by atoms with Gasteiger partial charge in [0.2, 0.25) is 0 Å². The van der Waals surface area contributed by atoms with Crippen LogP contribution < -0.4 is 0 Å². The Labute approximate surface area is 143 Å². The number of aromatic nitrogens is 1. The van der Waals surface area contributed by atoms with E-state index in [1.807, 2.05) is 0 Å². The molecule has 0 fully saturated rings. The molecule has 0 unspecified atom stereocenters. The van der Waals surface area contributed by atoms with Gasteiger partial charge in [-0.05, 0) is 25.8 Å². The van der Waals surface area contributed by atoms with E-state index in [4.69, 9.17) is 4.74 Å². The summed E-state index contributed by atoms with van der Waals surface area (Å²) in [4.78, 5) is 12.1. The van der Waals surface area contributed by atoms with Crippen molar-refractivity contribution in [1.82, 2.24) is 4.57 Å². The van der Waals surface area contributed by atoms with Gasteiger partial charge in [0.15, 0.2) is 0 Å². The highest BCUT2D eigenvalue weighted by molar-refractivity contribution is 5.94. The Morgan fingerprint density at radius 1 is 1.32 bits per heavy atom. The van der Waals surface area contributed by atoms with Crippen LogP contribution in [0.25, 0.3) is 5.57 Å². The van der Waals surface area contributed by atoms with Crippen molar-refractivity contribution in [1.29, 1.82) is 0 Å². The number of alkyl halides is 3. The van der Waals surface area contributed by atoms with E-state index in [9.17, 15) is 23.1 Å². The van der Waals surface area contributed by atoms with Crippen LogP contribution in [-0.4, -0.2) is 35.0 Å². The molecular formula is C18H20F3NO3. The number of ether oxygens (including phenoxy) is 1. The monoisotopic (exact) mass is 355 g/mol. The molecule has 2 rings (SSSR count). The molecule has 0 saturated heterocycles. The summed E-state index contributed by atoms with van der Waals surface area (Å²) in [5.41, 5.74) is 0.0385. The van der Waals surface area contributed by atoms with Gasteiger partial charge >= 0.3 is 12.1 Å². The number of esters is 1. The van der Waals surface area contributed by atoms with Crippen molar-refractivity contribution in [3.8, 4) is 0 Å². The minimum atomic E-state index is -4.54. The Morgan fingerprint density at radius 2 is 2.00 bits per heavy atom. The van der Waals surface area contributed by atoms with Gasteiger partial charge < -0.3 is 14.4 Å². The summed E-state index contributed by atoms with van der Waals surface area (Å²) in [6.07, 6.45) is 2.81. The molecule has 1 heterocycles. The van der Waals surface area contributed by atoms with E-state index in [-0.39, 0.29) is 36.6 Å².